The molecule has 0 radical (unpaired) electrons. The van der Waals surface area contributed by atoms with Gasteiger partial charge in [0.2, 0.25) is 0 Å². The van der Waals surface area contributed by atoms with Crippen LogP contribution in [0.4, 0.5) is 5.69 Å². The third-order valence-corrected chi connectivity index (χ3v) is 4.74. The second-order valence-electron chi connectivity index (χ2n) is 6.06. The lowest BCUT2D eigenvalue weighted by Crippen LogP contribution is -2.52. The molecule has 1 fully saturated rings. The predicted molar refractivity (Wildman–Crippen MR) is 84.0 cm³/mol. The van der Waals surface area contributed by atoms with Gasteiger partial charge >= 0.3 is 5.97 Å². The summed E-state index contributed by atoms with van der Waals surface area (Å²) in [6, 6.07) is 3.55. The van der Waals surface area contributed by atoms with Crippen molar-refractivity contribution in [2.24, 2.45) is 11.3 Å². The highest BCUT2D eigenvalue weighted by molar-refractivity contribution is 9.11. The summed E-state index contributed by atoms with van der Waals surface area (Å²) in [4.78, 5) is 13.5. The van der Waals surface area contributed by atoms with E-state index < -0.39 is 5.97 Å². The maximum Gasteiger partial charge on any atom is 0.337 e. The van der Waals surface area contributed by atoms with E-state index in [1.165, 1.54) is 0 Å². The summed E-state index contributed by atoms with van der Waals surface area (Å²) in [5.74, 6) is -0.291. The molecule has 1 aliphatic heterocycles. The van der Waals surface area contributed by atoms with Crippen LogP contribution < -0.4 is 4.90 Å². The van der Waals surface area contributed by atoms with Crippen LogP contribution in [0.2, 0.25) is 0 Å². The Morgan fingerprint density at radius 2 is 1.89 bits per heavy atom. The molecule has 3 nitrogen and oxygen atoms in total. The van der Waals surface area contributed by atoms with E-state index in [1.54, 1.807) is 6.07 Å². The van der Waals surface area contributed by atoms with Crippen molar-refractivity contribution in [3.05, 3.63) is 26.6 Å². The first-order chi connectivity index (χ1) is 8.70. The summed E-state index contributed by atoms with van der Waals surface area (Å²) in [6.45, 7) is 8.49. The summed E-state index contributed by atoms with van der Waals surface area (Å²) < 4.78 is 1.60. The van der Waals surface area contributed by atoms with Gasteiger partial charge in [-0.3, -0.25) is 0 Å². The SMILES string of the molecule is CC(C)(C)C1CN(c2c(Br)cc(Br)cc2C(=O)O)C1. The molecule has 1 aromatic carbocycles. The largest absolute Gasteiger partial charge is 0.478 e. The number of rotatable bonds is 2. The molecule has 5 heteroatoms. The van der Waals surface area contributed by atoms with E-state index in [2.05, 4.69) is 57.5 Å². The van der Waals surface area contributed by atoms with Crippen LogP contribution in [0.5, 0.6) is 0 Å². The zero-order valence-corrected chi connectivity index (χ0v) is 14.4. The molecule has 0 unspecified atom stereocenters. The summed E-state index contributed by atoms with van der Waals surface area (Å²) >= 11 is 6.81. The highest BCUT2D eigenvalue weighted by Gasteiger charge is 2.37. The molecular weight excluding hydrogens is 374 g/mol. The highest BCUT2D eigenvalue weighted by atomic mass is 79.9. The minimum atomic E-state index is -0.892. The number of aromatic carboxylic acids is 1. The molecule has 0 amide bonds. The molecule has 104 valence electrons. The molecule has 0 saturated carbocycles. The van der Waals surface area contributed by atoms with Crippen LogP contribution in [0.25, 0.3) is 0 Å². The molecule has 0 bridgehead atoms. The van der Waals surface area contributed by atoms with Crippen molar-refractivity contribution in [2.75, 3.05) is 18.0 Å². The number of carbonyl (C=O) groups is 1. The summed E-state index contributed by atoms with van der Waals surface area (Å²) in [7, 11) is 0. The van der Waals surface area contributed by atoms with E-state index in [4.69, 9.17) is 0 Å². The molecule has 0 spiro atoms. The standard InChI is InChI=1S/C14H17Br2NO2/c1-14(2,3)8-6-17(7-8)12-10(13(18)19)4-9(15)5-11(12)16/h4-5,8H,6-7H2,1-3H3,(H,18,19). The number of carboxylic acid groups (broad SMARTS) is 1. The molecule has 19 heavy (non-hydrogen) atoms. The number of halogens is 2. The van der Waals surface area contributed by atoms with Gasteiger partial charge in [0.1, 0.15) is 0 Å². The van der Waals surface area contributed by atoms with Crippen LogP contribution in [0, 0.1) is 11.3 Å². The van der Waals surface area contributed by atoms with Gasteiger partial charge < -0.3 is 10.0 Å². The number of hydrogen-bond acceptors (Lipinski definition) is 2. The highest BCUT2D eigenvalue weighted by Crippen LogP contribution is 2.41. The van der Waals surface area contributed by atoms with Gasteiger partial charge in [-0.2, -0.15) is 0 Å². The van der Waals surface area contributed by atoms with Crippen molar-refractivity contribution in [1.82, 2.24) is 0 Å². The van der Waals surface area contributed by atoms with Gasteiger partial charge in [0, 0.05) is 22.0 Å². The van der Waals surface area contributed by atoms with E-state index in [-0.39, 0.29) is 5.41 Å². The molecule has 0 aliphatic carbocycles. The number of nitrogens with zero attached hydrogens (tertiary/aromatic N) is 1. The normalized spacial score (nSPS) is 16.4. The van der Waals surface area contributed by atoms with Crippen molar-refractivity contribution in [2.45, 2.75) is 20.8 Å². The number of anilines is 1. The van der Waals surface area contributed by atoms with Crippen LogP contribution in [0.3, 0.4) is 0 Å². The fourth-order valence-electron chi connectivity index (χ4n) is 2.26. The molecular formula is C14H17Br2NO2. The average Bonchev–Trinajstić information content (AvgIpc) is 2.15. The zero-order chi connectivity index (χ0) is 14.4. The smallest absolute Gasteiger partial charge is 0.337 e. The Labute approximate surface area is 130 Å². The molecule has 0 aromatic heterocycles. The third-order valence-electron chi connectivity index (χ3n) is 3.68. The molecule has 1 aromatic rings. The number of hydrogen-bond donors (Lipinski definition) is 1. The van der Waals surface area contributed by atoms with E-state index in [0.717, 1.165) is 27.7 Å². The van der Waals surface area contributed by atoms with Gasteiger partial charge in [-0.1, -0.05) is 36.7 Å². The topological polar surface area (TPSA) is 40.5 Å². The fraction of sp³-hybridized carbons (Fsp3) is 0.500. The minimum absolute atomic E-state index is 0.266. The maximum atomic E-state index is 11.4. The van der Waals surface area contributed by atoms with Gasteiger partial charge in [-0.25, -0.2) is 4.79 Å². The van der Waals surface area contributed by atoms with E-state index in [1.807, 2.05) is 6.07 Å². The number of carboxylic acids is 1. The fourth-order valence-corrected chi connectivity index (χ4v) is 3.74. The Morgan fingerprint density at radius 3 is 2.37 bits per heavy atom. The average molecular weight is 391 g/mol. The Balaban J connectivity index is 2.30. The van der Waals surface area contributed by atoms with Crippen LogP contribution >= 0.6 is 31.9 Å². The van der Waals surface area contributed by atoms with Crippen molar-refractivity contribution in [3.63, 3.8) is 0 Å². The molecule has 1 aliphatic rings. The monoisotopic (exact) mass is 389 g/mol. The van der Waals surface area contributed by atoms with Crippen LogP contribution in [-0.4, -0.2) is 24.2 Å². The quantitative estimate of drug-likeness (QED) is 0.813. The summed E-state index contributed by atoms with van der Waals surface area (Å²) in [6.07, 6.45) is 0. The zero-order valence-electron chi connectivity index (χ0n) is 11.2. The molecule has 1 N–H and O–H groups in total. The molecule has 0 atom stereocenters. The first-order valence-electron chi connectivity index (χ1n) is 6.17. The third kappa shape index (κ3) is 2.97. The lowest BCUT2D eigenvalue weighted by atomic mass is 9.75. The second-order valence-corrected chi connectivity index (χ2v) is 7.83. The number of benzene rings is 1. The van der Waals surface area contributed by atoms with Crippen LogP contribution in [-0.2, 0) is 0 Å². The first-order valence-corrected chi connectivity index (χ1v) is 7.76. The van der Waals surface area contributed by atoms with Crippen molar-refractivity contribution in [3.8, 4) is 0 Å². The predicted octanol–water partition coefficient (Wildman–Crippen LogP) is 4.39. The van der Waals surface area contributed by atoms with E-state index in [9.17, 15) is 9.90 Å². The van der Waals surface area contributed by atoms with Gasteiger partial charge in [-0.05, 0) is 39.4 Å². The van der Waals surface area contributed by atoms with E-state index >= 15 is 0 Å². The minimum Gasteiger partial charge on any atom is -0.478 e. The lowest BCUT2D eigenvalue weighted by molar-refractivity contribution is 0.0696. The van der Waals surface area contributed by atoms with Gasteiger partial charge in [-0.15, -0.1) is 0 Å². The van der Waals surface area contributed by atoms with E-state index in [0.29, 0.717) is 11.5 Å². The summed E-state index contributed by atoms with van der Waals surface area (Å²) in [5, 5.41) is 9.34. The van der Waals surface area contributed by atoms with Gasteiger partial charge in [0.15, 0.2) is 0 Å². The Bertz CT molecular complexity index is 517. The van der Waals surface area contributed by atoms with Gasteiger partial charge in [0.25, 0.3) is 0 Å². The van der Waals surface area contributed by atoms with Crippen molar-refractivity contribution in [1.29, 1.82) is 0 Å². The summed E-state index contributed by atoms with van der Waals surface area (Å²) in [5.41, 5.74) is 1.40. The Morgan fingerprint density at radius 1 is 1.32 bits per heavy atom. The van der Waals surface area contributed by atoms with Crippen molar-refractivity contribution >= 4 is 43.5 Å². The van der Waals surface area contributed by atoms with Gasteiger partial charge in [0.05, 0.1) is 11.3 Å². The Kier molecular flexibility index (Phi) is 3.98. The van der Waals surface area contributed by atoms with Crippen LogP contribution in [0.15, 0.2) is 21.1 Å². The maximum absolute atomic E-state index is 11.4. The first kappa shape index (κ1) is 14.9. The second kappa shape index (κ2) is 5.09. The molecule has 1 heterocycles. The van der Waals surface area contributed by atoms with Crippen molar-refractivity contribution < 1.29 is 9.90 Å². The van der Waals surface area contributed by atoms with Crippen LogP contribution in [0.1, 0.15) is 31.1 Å². The molecule has 2 rings (SSSR count). The lowest BCUT2D eigenvalue weighted by Gasteiger charge is -2.48. The molecule has 1 saturated heterocycles. The Hall–Kier alpha value is -0.550.